The topological polar surface area (TPSA) is 52.1 Å². The number of thioether (sulfide) groups is 1. The van der Waals surface area contributed by atoms with E-state index in [-0.39, 0.29) is 0 Å². The summed E-state index contributed by atoms with van der Waals surface area (Å²) in [6.45, 7) is 5.06. The van der Waals surface area contributed by atoms with Gasteiger partial charge in [-0.2, -0.15) is 0 Å². The summed E-state index contributed by atoms with van der Waals surface area (Å²) in [6.07, 6.45) is 4.99. The third-order valence-corrected chi connectivity index (χ3v) is 5.32. The number of likely N-dealkylation sites (tertiary alicyclic amines) is 1. The van der Waals surface area contributed by atoms with Gasteiger partial charge in [0.2, 0.25) is 0 Å². The van der Waals surface area contributed by atoms with Crippen LogP contribution in [0.3, 0.4) is 0 Å². The van der Waals surface area contributed by atoms with Crippen molar-refractivity contribution in [3.8, 4) is 5.75 Å². The van der Waals surface area contributed by atoms with Crippen molar-refractivity contribution in [3.63, 3.8) is 0 Å². The van der Waals surface area contributed by atoms with Crippen LogP contribution in [0.1, 0.15) is 31.2 Å². The van der Waals surface area contributed by atoms with E-state index in [1.165, 1.54) is 37.9 Å². The van der Waals surface area contributed by atoms with E-state index in [1.807, 2.05) is 18.2 Å². The van der Waals surface area contributed by atoms with Gasteiger partial charge in [-0.25, -0.2) is 10.5 Å². The van der Waals surface area contributed by atoms with Crippen molar-refractivity contribution in [3.05, 3.63) is 29.8 Å². The molecule has 1 aromatic carbocycles. The fourth-order valence-corrected chi connectivity index (χ4v) is 3.77. The Kier molecular flexibility index (Phi) is 7.26. The van der Waals surface area contributed by atoms with Gasteiger partial charge in [0, 0.05) is 20.1 Å². The van der Waals surface area contributed by atoms with Gasteiger partial charge in [-0.05, 0) is 50.0 Å². The molecule has 0 unspecified atom stereocenters. The van der Waals surface area contributed by atoms with Crippen molar-refractivity contribution in [1.29, 1.82) is 0 Å². The van der Waals surface area contributed by atoms with Gasteiger partial charge >= 0.3 is 0 Å². The Morgan fingerprint density at radius 3 is 2.92 bits per heavy atom. The van der Waals surface area contributed by atoms with E-state index in [1.54, 1.807) is 11.8 Å². The highest BCUT2D eigenvalue weighted by Gasteiger charge is 2.13. The zero-order chi connectivity index (χ0) is 17.3. The average molecular weight is 364 g/mol. The maximum Gasteiger partial charge on any atom is 0.183 e. The smallest absolute Gasteiger partial charge is 0.183 e. The summed E-state index contributed by atoms with van der Waals surface area (Å²) in [4.78, 5) is 2.54. The highest BCUT2D eigenvalue weighted by atomic mass is 32.2. The van der Waals surface area contributed by atoms with Crippen molar-refractivity contribution >= 4 is 16.9 Å². The van der Waals surface area contributed by atoms with E-state index in [2.05, 4.69) is 38.9 Å². The summed E-state index contributed by atoms with van der Waals surface area (Å²) in [5.74, 6) is 1.82. The molecule has 1 fully saturated rings. The van der Waals surface area contributed by atoms with Crippen LogP contribution in [0.2, 0.25) is 0 Å². The molecular formula is C18H29N5OS. The van der Waals surface area contributed by atoms with E-state index in [9.17, 15) is 0 Å². The summed E-state index contributed by atoms with van der Waals surface area (Å²) >= 11 is 1.69. The Labute approximate surface area is 154 Å². The number of benzene rings is 1. The Morgan fingerprint density at radius 1 is 1.24 bits per heavy atom. The highest BCUT2D eigenvalue weighted by molar-refractivity contribution is 8.14. The molecule has 138 valence electrons. The molecule has 6 nitrogen and oxygen atoms in total. The molecule has 2 aliphatic heterocycles. The number of piperidine rings is 1. The fraction of sp³-hybridized carbons (Fsp3) is 0.611. The average Bonchev–Trinajstić information content (AvgIpc) is 3.11. The monoisotopic (exact) mass is 363 g/mol. The van der Waals surface area contributed by atoms with E-state index in [4.69, 9.17) is 4.74 Å². The highest BCUT2D eigenvalue weighted by Crippen LogP contribution is 2.18. The molecule has 1 aromatic rings. The van der Waals surface area contributed by atoms with Crippen LogP contribution < -0.4 is 15.5 Å². The quantitative estimate of drug-likeness (QED) is 0.692. The van der Waals surface area contributed by atoms with Gasteiger partial charge in [0.15, 0.2) is 5.17 Å². The maximum absolute atomic E-state index is 5.91. The summed E-state index contributed by atoms with van der Waals surface area (Å²) in [5.41, 5.74) is 4.64. The Hall–Kier alpha value is -1.44. The molecule has 7 heteroatoms. The van der Waals surface area contributed by atoms with Crippen LogP contribution in [-0.4, -0.2) is 54.4 Å². The van der Waals surface area contributed by atoms with Crippen molar-refractivity contribution in [2.24, 2.45) is 5.10 Å². The molecule has 2 aliphatic rings. The van der Waals surface area contributed by atoms with Crippen LogP contribution in [0.25, 0.3) is 0 Å². The lowest BCUT2D eigenvalue weighted by Gasteiger charge is -2.26. The lowest BCUT2D eigenvalue weighted by molar-refractivity contribution is 0.219. The van der Waals surface area contributed by atoms with Gasteiger partial charge in [-0.3, -0.25) is 4.90 Å². The SMILES string of the molecule is CNC1=NN(NCCCOc2cccc(CN3CCCCC3)c2)CS1. The molecule has 0 aromatic heterocycles. The van der Waals surface area contributed by atoms with Crippen LogP contribution in [0.4, 0.5) is 0 Å². The molecule has 0 atom stereocenters. The Bertz CT molecular complexity index is 562. The largest absolute Gasteiger partial charge is 0.494 e. The number of ether oxygens (including phenoxy) is 1. The predicted molar refractivity (Wildman–Crippen MR) is 104 cm³/mol. The lowest BCUT2D eigenvalue weighted by atomic mass is 10.1. The van der Waals surface area contributed by atoms with Gasteiger partial charge in [0.1, 0.15) is 11.6 Å². The molecule has 0 bridgehead atoms. The standard InChI is InChI=1S/C18H29N5OS/c1-19-18-21-23(15-25-18)20-9-6-12-24-17-8-5-7-16(13-17)14-22-10-3-2-4-11-22/h5,7-8,13,20H,2-4,6,9-12,14-15H2,1H3,(H,19,21). The Balaban J connectivity index is 1.34. The molecule has 0 radical (unpaired) electrons. The molecular weight excluding hydrogens is 334 g/mol. The normalized spacial score (nSPS) is 18.3. The molecule has 1 saturated heterocycles. The number of amidine groups is 1. The fourth-order valence-electron chi connectivity index (χ4n) is 3.07. The predicted octanol–water partition coefficient (Wildman–Crippen LogP) is 2.44. The third kappa shape index (κ3) is 6.09. The van der Waals surface area contributed by atoms with Crippen molar-refractivity contribution < 1.29 is 4.74 Å². The van der Waals surface area contributed by atoms with Gasteiger partial charge in [-0.15, -0.1) is 5.10 Å². The summed E-state index contributed by atoms with van der Waals surface area (Å²) < 4.78 is 5.91. The van der Waals surface area contributed by atoms with Crippen molar-refractivity contribution in [2.75, 3.05) is 39.2 Å². The van der Waals surface area contributed by atoms with E-state index in [0.29, 0.717) is 6.61 Å². The second-order valence-electron chi connectivity index (χ2n) is 6.42. The molecule has 0 amide bonds. The number of hydrazine groups is 1. The molecule has 2 heterocycles. The van der Waals surface area contributed by atoms with Crippen molar-refractivity contribution in [1.82, 2.24) is 20.8 Å². The van der Waals surface area contributed by atoms with Gasteiger partial charge in [0.25, 0.3) is 0 Å². The summed E-state index contributed by atoms with van der Waals surface area (Å²) in [5, 5.41) is 10.3. The zero-order valence-electron chi connectivity index (χ0n) is 15.0. The zero-order valence-corrected chi connectivity index (χ0v) is 15.9. The molecule has 3 rings (SSSR count). The number of nitrogens with one attached hydrogen (secondary N) is 2. The number of rotatable bonds is 8. The maximum atomic E-state index is 5.91. The van der Waals surface area contributed by atoms with Crippen LogP contribution in [-0.2, 0) is 6.54 Å². The second kappa shape index (κ2) is 9.89. The lowest BCUT2D eigenvalue weighted by Crippen LogP contribution is -2.32. The summed E-state index contributed by atoms with van der Waals surface area (Å²) in [7, 11) is 1.89. The number of nitrogens with zero attached hydrogens (tertiary/aromatic N) is 3. The first-order valence-corrected chi connectivity index (χ1v) is 10.2. The molecule has 2 N–H and O–H groups in total. The molecule has 25 heavy (non-hydrogen) atoms. The van der Waals surface area contributed by atoms with Gasteiger partial charge in [0.05, 0.1) is 6.61 Å². The molecule has 0 spiro atoms. The minimum Gasteiger partial charge on any atom is -0.494 e. The first kappa shape index (κ1) is 18.4. The van der Waals surface area contributed by atoms with E-state index < -0.39 is 0 Å². The first-order valence-electron chi connectivity index (χ1n) is 9.18. The van der Waals surface area contributed by atoms with Crippen LogP contribution in [0, 0.1) is 0 Å². The van der Waals surface area contributed by atoms with E-state index in [0.717, 1.165) is 36.3 Å². The first-order chi connectivity index (χ1) is 12.3. The van der Waals surface area contributed by atoms with Gasteiger partial charge in [-0.1, -0.05) is 30.3 Å². The van der Waals surface area contributed by atoms with Gasteiger partial charge < -0.3 is 10.1 Å². The number of hydrazone groups is 1. The van der Waals surface area contributed by atoms with Crippen molar-refractivity contribution in [2.45, 2.75) is 32.2 Å². The minimum absolute atomic E-state index is 0.712. The third-order valence-electron chi connectivity index (χ3n) is 4.39. The molecule has 0 saturated carbocycles. The van der Waals surface area contributed by atoms with Crippen LogP contribution >= 0.6 is 11.8 Å². The van der Waals surface area contributed by atoms with Crippen LogP contribution in [0.5, 0.6) is 5.75 Å². The Morgan fingerprint density at radius 2 is 2.12 bits per heavy atom. The second-order valence-corrected chi connectivity index (χ2v) is 7.36. The number of hydrogen-bond donors (Lipinski definition) is 2. The summed E-state index contributed by atoms with van der Waals surface area (Å²) in [6, 6.07) is 8.53. The van der Waals surface area contributed by atoms with Crippen LogP contribution in [0.15, 0.2) is 29.4 Å². The number of hydrogen-bond acceptors (Lipinski definition) is 7. The van der Waals surface area contributed by atoms with E-state index >= 15 is 0 Å². The molecule has 0 aliphatic carbocycles. The minimum atomic E-state index is 0.712.